The summed E-state index contributed by atoms with van der Waals surface area (Å²) in [7, 11) is 0. The van der Waals surface area contributed by atoms with Crippen LogP contribution in [0.4, 0.5) is 10.5 Å². The molecule has 0 spiro atoms. The van der Waals surface area contributed by atoms with Crippen LogP contribution < -0.4 is 26.6 Å². The molecule has 0 saturated carbocycles. The van der Waals surface area contributed by atoms with Crippen molar-refractivity contribution in [3.63, 3.8) is 0 Å². The fourth-order valence-corrected chi connectivity index (χ4v) is 5.90. The zero-order valence-corrected chi connectivity index (χ0v) is 20.4. The Morgan fingerprint density at radius 3 is 2.83 bits per heavy atom. The van der Waals surface area contributed by atoms with Crippen molar-refractivity contribution in [2.75, 3.05) is 24.5 Å². The van der Waals surface area contributed by atoms with Crippen molar-refractivity contribution >= 4 is 51.4 Å². The van der Waals surface area contributed by atoms with E-state index in [2.05, 4.69) is 20.9 Å². The smallest absolute Gasteiger partial charge is 0.318 e. The van der Waals surface area contributed by atoms with E-state index in [-0.39, 0.29) is 5.56 Å². The SMILES string of the molecule is CCNC(=O)NC1(C2CNCCC2(CC)C(=O)O)N=CC=CN1c1cc(C(N)=O)c2scnc2c1. The molecule has 11 nitrogen and oxygen atoms in total. The lowest BCUT2D eigenvalue weighted by Crippen LogP contribution is -2.71. The minimum absolute atomic E-state index is 0.289. The van der Waals surface area contributed by atoms with Gasteiger partial charge >= 0.3 is 12.0 Å². The maximum atomic E-state index is 13.0. The maximum Gasteiger partial charge on any atom is 0.318 e. The molecular weight excluding hydrogens is 470 g/mol. The number of primary amides is 1. The molecule has 2 aromatic rings. The van der Waals surface area contributed by atoms with Gasteiger partial charge in [0.25, 0.3) is 0 Å². The van der Waals surface area contributed by atoms with E-state index in [1.807, 2.05) is 6.92 Å². The molecule has 35 heavy (non-hydrogen) atoms. The zero-order valence-electron chi connectivity index (χ0n) is 19.6. The molecule has 4 rings (SSSR count). The molecule has 1 fully saturated rings. The van der Waals surface area contributed by atoms with Gasteiger partial charge in [0.1, 0.15) is 0 Å². The molecular formula is C23H29N7O4S. The number of nitrogens with zero attached hydrogens (tertiary/aromatic N) is 3. The third kappa shape index (κ3) is 4.12. The first-order valence-corrected chi connectivity index (χ1v) is 12.4. The number of hydrogen-bond acceptors (Lipinski definition) is 8. The number of amides is 3. The molecule has 1 aromatic carbocycles. The van der Waals surface area contributed by atoms with Crippen LogP contribution >= 0.6 is 11.3 Å². The van der Waals surface area contributed by atoms with Gasteiger partial charge in [0.2, 0.25) is 11.7 Å². The Bertz CT molecular complexity index is 1210. The summed E-state index contributed by atoms with van der Waals surface area (Å²) in [4.78, 5) is 48.8. The summed E-state index contributed by atoms with van der Waals surface area (Å²) < 4.78 is 0.654. The van der Waals surface area contributed by atoms with Crippen LogP contribution in [0.2, 0.25) is 0 Å². The molecule has 1 saturated heterocycles. The number of nitrogens with two attached hydrogens (primary N) is 1. The number of nitrogens with one attached hydrogen (secondary N) is 3. The van der Waals surface area contributed by atoms with Crippen LogP contribution in [0.1, 0.15) is 37.0 Å². The summed E-state index contributed by atoms with van der Waals surface area (Å²) >= 11 is 1.30. The average Bonchev–Trinajstić information content (AvgIpc) is 3.32. The number of anilines is 1. The molecule has 0 bridgehead atoms. The van der Waals surface area contributed by atoms with E-state index in [0.29, 0.717) is 48.4 Å². The first-order valence-electron chi connectivity index (χ1n) is 11.5. The quantitative estimate of drug-likeness (QED) is 0.388. The van der Waals surface area contributed by atoms with Gasteiger partial charge in [-0.1, -0.05) is 6.92 Å². The molecule has 1 aromatic heterocycles. The largest absolute Gasteiger partial charge is 0.481 e. The summed E-state index contributed by atoms with van der Waals surface area (Å²) in [6.07, 6.45) is 5.67. The molecule has 0 aliphatic carbocycles. The number of rotatable bonds is 7. The van der Waals surface area contributed by atoms with Crippen molar-refractivity contribution < 1.29 is 19.5 Å². The van der Waals surface area contributed by atoms with Gasteiger partial charge in [-0.15, -0.1) is 11.3 Å². The van der Waals surface area contributed by atoms with Crippen LogP contribution in [-0.2, 0) is 4.79 Å². The van der Waals surface area contributed by atoms with Gasteiger partial charge in [0.05, 0.1) is 32.6 Å². The highest BCUT2D eigenvalue weighted by atomic mass is 32.1. The minimum atomic E-state index is -1.51. The van der Waals surface area contributed by atoms with Gasteiger partial charge in [-0.25, -0.2) is 14.8 Å². The number of aliphatic imine (C=N–C) groups is 1. The highest BCUT2D eigenvalue weighted by Crippen LogP contribution is 2.47. The van der Waals surface area contributed by atoms with E-state index in [9.17, 15) is 19.5 Å². The Kier molecular flexibility index (Phi) is 6.77. The van der Waals surface area contributed by atoms with Crippen LogP contribution in [0.5, 0.6) is 0 Å². The van der Waals surface area contributed by atoms with Crippen molar-refractivity contribution in [3.8, 4) is 0 Å². The number of aliphatic carboxylic acids is 1. The molecule has 186 valence electrons. The van der Waals surface area contributed by atoms with E-state index >= 15 is 0 Å². The molecule has 2 aliphatic rings. The standard InChI is InChI=1S/C23H29N7O4S/c1-3-22(20(32)33)6-8-25-12-17(22)23(29-21(34)26-4-2)28-7-5-9-30(23)14-10-15(19(24)31)18-16(11-14)27-13-35-18/h5,7,9-11,13,17,25H,3-4,6,8,12H2,1-2H3,(H2,24,31)(H,32,33)(H2,26,29,34). The van der Waals surface area contributed by atoms with Crippen molar-refractivity contribution in [2.24, 2.45) is 22.1 Å². The minimum Gasteiger partial charge on any atom is -0.481 e. The average molecular weight is 500 g/mol. The number of aromatic nitrogens is 1. The molecule has 3 heterocycles. The van der Waals surface area contributed by atoms with Crippen LogP contribution in [0.3, 0.4) is 0 Å². The molecule has 2 aliphatic heterocycles. The molecule has 3 unspecified atom stereocenters. The van der Waals surface area contributed by atoms with E-state index in [1.165, 1.54) is 11.3 Å². The first kappa shape index (κ1) is 24.6. The van der Waals surface area contributed by atoms with E-state index in [4.69, 9.17) is 10.7 Å². The number of hydrogen-bond donors (Lipinski definition) is 5. The third-order valence-electron chi connectivity index (χ3n) is 6.86. The first-order chi connectivity index (χ1) is 16.8. The number of thiazole rings is 1. The highest BCUT2D eigenvalue weighted by Gasteiger charge is 2.59. The molecule has 3 amide bonds. The zero-order chi connectivity index (χ0) is 25.2. The van der Waals surface area contributed by atoms with Gasteiger partial charge in [0.15, 0.2) is 0 Å². The third-order valence-corrected chi connectivity index (χ3v) is 7.74. The van der Waals surface area contributed by atoms with Crippen molar-refractivity contribution in [1.82, 2.24) is 20.9 Å². The second-order valence-electron chi connectivity index (χ2n) is 8.58. The molecule has 3 atom stereocenters. The van der Waals surface area contributed by atoms with Gasteiger partial charge in [-0.3, -0.25) is 14.9 Å². The van der Waals surface area contributed by atoms with E-state index in [1.54, 1.807) is 48.0 Å². The number of allylic oxidation sites excluding steroid dienone is 1. The second-order valence-corrected chi connectivity index (χ2v) is 9.43. The number of carbonyl (C=O) groups excluding carboxylic acids is 2. The van der Waals surface area contributed by atoms with Crippen molar-refractivity contribution in [2.45, 2.75) is 32.5 Å². The fourth-order valence-electron chi connectivity index (χ4n) is 5.11. The molecule has 0 radical (unpaired) electrons. The van der Waals surface area contributed by atoms with Crippen molar-refractivity contribution in [1.29, 1.82) is 0 Å². The van der Waals surface area contributed by atoms with Gasteiger partial charge in [0, 0.05) is 31.2 Å². The summed E-state index contributed by atoms with van der Waals surface area (Å²) in [6, 6.07) is 2.92. The number of piperidine rings is 1. The van der Waals surface area contributed by atoms with Crippen LogP contribution in [-0.4, -0.2) is 59.6 Å². The summed E-state index contributed by atoms with van der Waals surface area (Å²) in [5, 5.41) is 19.4. The Morgan fingerprint density at radius 1 is 1.34 bits per heavy atom. The number of urea groups is 1. The van der Waals surface area contributed by atoms with Gasteiger partial charge < -0.3 is 26.4 Å². The van der Waals surface area contributed by atoms with Gasteiger partial charge in [-0.2, -0.15) is 0 Å². The normalized spacial score (nSPS) is 26.0. The highest BCUT2D eigenvalue weighted by molar-refractivity contribution is 7.17. The molecule has 6 N–H and O–H groups in total. The van der Waals surface area contributed by atoms with Crippen LogP contribution in [0, 0.1) is 11.3 Å². The lowest BCUT2D eigenvalue weighted by molar-refractivity contribution is -0.158. The number of carbonyl (C=O) groups is 3. The predicted molar refractivity (Wildman–Crippen MR) is 135 cm³/mol. The summed E-state index contributed by atoms with van der Waals surface area (Å²) in [5.41, 5.74) is 7.50. The van der Waals surface area contributed by atoms with Crippen LogP contribution in [0.25, 0.3) is 10.2 Å². The lowest BCUT2D eigenvalue weighted by atomic mass is 9.65. The van der Waals surface area contributed by atoms with Crippen molar-refractivity contribution in [3.05, 3.63) is 35.5 Å². The summed E-state index contributed by atoms with van der Waals surface area (Å²) in [5.74, 6) is -3.73. The Balaban J connectivity index is 1.95. The van der Waals surface area contributed by atoms with Gasteiger partial charge in [-0.05, 0) is 44.5 Å². The number of carboxylic acid groups (broad SMARTS) is 1. The number of fused-ring (bicyclic) bond motifs is 1. The fraction of sp³-hybridized carbons (Fsp3) is 0.435. The number of benzene rings is 1. The summed E-state index contributed by atoms with van der Waals surface area (Å²) in [6.45, 7) is 4.84. The topological polar surface area (TPSA) is 162 Å². The molecule has 12 heteroatoms. The van der Waals surface area contributed by atoms with E-state index in [0.717, 1.165) is 0 Å². The monoisotopic (exact) mass is 499 g/mol. The Labute approximate surface area is 206 Å². The Hall–Kier alpha value is -3.51. The second kappa shape index (κ2) is 9.62. The maximum absolute atomic E-state index is 13.0. The number of carboxylic acids is 1. The van der Waals surface area contributed by atoms with E-state index < -0.39 is 35.0 Å². The predicted octanol–water partition coefficient (Wildman–Crippen LogP) is 1.86. The lowest BCUT2D eigenvalue weighted by Gasteiger charge is -2.53. The Morgan fingerprint density at radius 2 is 2.14 bits per heavy atom. The van der Waals surface area contributed by atoms with Crippen LogP contribution in [0.15, 0.2) is 34.9 Å².